The van der Waals surface area contributed by atoms with E-state index in [2.05, 4.69) is 10.3 Å². The van der Waals surface area contributed by atoms with Gasteiger partial charge in [0.2, 0.25) is 5.91 Å². The number of aromatic amines is 1. The first kappa shape index (κ1) is 24.3. The third-order valence-electron chi connectivity index (χ3n) is 5.15. The summed E-state index contributed by atoms with van der Waals surface area (Å²) in [6.07, 6.45) is 9.92. The number of H-pyrrole nitrogens is 1. The zero-order valence-corrected chi connectivity index (χ0v) is 19.5. The van der Waals surface area contributed by atoms with E-state index in [4.69, 9.17) is 9.47 Å². The molecule has 2 aromatic rings. The van der Waals surface area contributed by atoms with Crippen LogP contribution in [0, 0.1) is 0 Å². The molecule has 0 radical (unpaired) electrons. The number of para-hydroxylation sites is 1. The molecule has 2 N–H and O–H groups in total. The van der Waals surface area contributed by atoms with Crippen LogP contribution < -0.4 is 5.32 Å². The van der Waals surface area contributed by atoms with Gasteiger partial charge in [-0.15, -0.1) is 0 Å². The molecule has 1 atom stereocenters. The lowest BCUT2D eigenvalue weighted by Gasteiger charge is -2.20. The fourth-order valence-electron chi connectivity index (χ4n) is 3.62. The maximum atomic E-state index is 12.9. The van der Waals surface area contributed by atoms with Gasteiger partial charge in [0.15, 0.2) is 0 Å². The number of carbonyl (C=O) groups excluding carboxylic acids is 3. The van der Waals surface area contributed by atoms with Gasteiger partial charge >= 0.3 is 11.9 Å². The molecular weight excluding hydrogens is 420 g/mol. The molecule has 0 spiro atoms. The van der Waals surface area contributed by atoms with E-state index in [-0.39, 0.29) is 25.9 Å². The van der Waals surface area contributed by atoms with Gasteiger partial charge in [0, 0.05) is 29.9 Å². The molecule has 1 heterocycles. The molecular formula is C26H32N2O5. The van der Waals surface area contributed by atoms with Gasteiger partial charge in [-0.25, -0.2) is 4.79 Å². The second-order valence-corrected chi connectivity index (χ2v) is 9.14. The Kier molecular flexibility index (Phi) is 8.09. The van der Waals surface area contributed by atoms with Crippen molar-refractivity contribution in [1.29, 1.82) is 0 Å². The number of benzene rings is 1. The van der Waals surface area contributed by atoms with Crippen molar-refractivity contribution in [2.45, 2.75) is 64.5 Å². The number of rotatable bonds is 9. The lowest BCUT2D eigenvalue weighted by Crippen LogP contribution is -2.43. The van der Waals surface area contributed by atoms with Crippen LogP contribution in [-0.2, 0) is 30.3 Å². The molecule has 1 aromatic carbocycles. The largest absolute Gasteiger partial charge is 0.460 e. The average Bonchev–Trinajstić information content (AvgIpc) is 3.18. The Hall–Kier alpha value is -3.35. The van der Waals surface area contributed by atoms with Crippen LogP contribution in [0.2, 0.25) is 0 Å². The molecule has 0 saturated heterocycles. The highest BCUT2D eigenvalue weighted by molar-refractivity contribution is 5.88. The van der Waals surface area contributed by atoms with Gasteiger partial charge in [0.05, 0.1) is 6.42 Å². The molecule has 7 nitrogen and oxygen atoms in total. The Morgan fingerprint density at radius 1 is 1.12 bits per heavy atom. The zero-order chi connectivity index (χ0) is 23.8. The van der Waals surface area contributed by atoms with Crippen LogP contribution in [0.1, 0.15) is 52.0 Å². The summed E-state index contributed by atoms with van der Waals surface area (Å²) in [5, 5.41) is 3.74. The SMILES string of the molecule is CC(C)(C)OC(=O)CCC(=O)N[C@@H](Cc1c[nH]c2ccccc12)C(=O)OCC1=CCCC=C1. The molecule has 1 aliphatic rings. The number of hydrogen-bond donors (Lipinski definition) is 2. The summed E-state index contributed by atoms with van der Waals surface area (Å²) in [6, 6.07) is 6.90. The molecule has 1 aromatic heterocycles. The number of amides is 1. The quantitative estimate of drug-likeness (QED) is 0.558. The van der Waals surface area contributed by atoms with Gasteiger partial charge in [-0.1, -0.05) is 36.4 Å². The molecule has 0 fully saturated rings. The minimum atomic E-state index is -0.872. The van der Waals surface area contributed by atoms with Gasteiger partial charge in [-0.05, 0) is 50.8 Å². The van der Waals surface area contributed by atoms with E-state index in [1.165, 1.54) is 0 Å². The third kappa shape index (κ3) is 7.63. The first-order valence-electron chi connectivity index (χ1n) is 11.3. The highest BCUT2D eigenvalue weighted by Crippen LogP contribution is 2.20. The summed E-state index contributed by atoms with van der Waals surface area (Å²) in [7, 11) is 0. The summed E-state index contributed by atoms with van der Waals surface area (Å²) in [6.45, 7) is 5.48. The monoisotopic (exact) mass is 452 g/mol. The smallest absolute Gasteiger partial charge is 0.329 e. The Morgan fingerprint density at radius 2 is 1.91 bits per heavy atom. The maximum Gasteiger partial charge on any atom is 0.329 e. The van der Waals surface area contributed by atoms with Crippen LogP contribution >= 0.6 is 0 Å². The topological polar surface area (TPSA) is 97.5 Å². The minimum Gasteiger partial charge on any atom is -0.460 e. The summed E-state index contributed by atoms with van der Waals surface area (Å²) < 4.78 is 10.8. The second kappa shape index (κ2) is 11.0. The standard InChI is InChI=1S/C26H32N2O5/c1-26(2,3)33-24(30)14-13-23(29)28-22(25(31)32-17-18-9-5-4-6-10-18)15-19-16-27-21-12-8-7-11-20(19)21/h5,7-12,16,22,27H,4,6,13-15,17H2,1-3H3,(H,28,29)/t22-/m0/s1. The molecule has 0 bridgehead atoms. The first-order chi connectivity index (χ1) is 15.7. The lowest BCUT2D eigenvalue weighted by molar-refractivity contribution is -0.155. The van der Waals surface area contributed by atoms with Crippen molar-refractivity contribution in [1.82, 2.24) is 10.3 Å². The van der Waals surface area contributed by atoms with E-state index < -0.39 is 29.5 Å². The van der Waals surface area contributed by atoms with Crippen molar-refractivity contribution >= 4 is 28.7 Å². The third-order valence-corrected chi connectivity index (χ3v) is 5.15. The van der Waals surface area contributed by atoms with Crippen molar-refractivity contribution in [2.75, 3.05) is 6.61 Å². The van der Waals surface area contributed by atoms with E-state index in [0.29, 0.717) is 0 Å². The number of allylic oxidation sites excluding steroid dienone is 2. The molecule has 3 rings (SSSR count). The van der Waals surface area contributed by atoms with Crippen LogP contribution in [0.25, 0.3) is 10.9 Å². The summed E-state index contributed by atoms with van der Waals surface area (Å²) in [5.41, 5.74) is 2.18. The van der Waals surface area contributed by atoms with Crippen molar-refractivity contribution in [3.63, 3.8) is 0 Å². The van der Waals surface area contributed by atoms with Crippen molar-refractivity contribution in [2.24, 2.45) is 0 Å². The number of fused-ring (bicyclic) bond motifs is 1. The molecule has 176 valence electrons. The fourth-order valence-corrected chi connectivity index (χ4v) is 3.62. The Morgan fingerprint density at radius 3 is 2.64 bits per heavy atom. The molecule has 1 aliphatic carbocycles. The van der Waals surface area contributed by atoms with E-state index in [9.17, 15) is 14.4 Å². The Bertz CT molecular complexity index is 1060. The predicted molar refractivity (Wildman–Crippen MR) is 126 cm³/mol. The van der Waals surface area contributed by atoms with Gasteiger partial charge in [0.25, 0.3) is 0 Å². The number of hydrogen-bond acceptors (Lipinski definition) is 5. The first-order valence-corrected chi connectivity index (χ1v) is 11.3. The van der Waals surface area contributed by atoms with E-state index in [1.54, 1.807) is 20.8 Å². The average molecular weight is 453 g/mol. The maximum absolute atomic E-state index is 12.9. The highest BCUT2D eigenvalue weighted by Gasteiger charge is 2.25. The summed E-state index contributed by atoms with van der Waals surface area (Å²) in [5.74, 6) is -1.37. The van der Waals surface area contributed by atoms with Gasteiger partial charge in [-0.2, -0.15) is 0 Å². The van der Waals surface area contributed by atoms with Crippen LogP contribution in [0.15, 0.2) is 54.3 Å². The van der Waals surface area contributed by atoms with Gasteiger partial charge in [0.1, 0.15) is 18.2 Å². The Labute approximate surface area is 194 Å². The molecule has 7 heteroatoms. The minimum absolute atomic E-state index is 0.0599. The van der Waals surface area contributed by atoms with Crippen LogP contribution in [0.3, 0.4) is 0 Å². The Balaban J connectivity index is 1.65. The van der Waals surface area contributed by atoms with Crippen molar-refractivity contribution < 1.29 is 23.9 Å². The predicted octanol–water partition coefficient (Wildman–Crippen LogP) is 4.14. The molecule has 0 aliphatic heterocycles. The second-order valence-electron chi connectivity index (χ2n) is 9.14. The van der Waals surface area contributed by atoms with E-state index >= 15 is 0 Å². The van der Waals surface area contributed by atoms with Crippen LogP contribution in [0.4, 0.5) is 0 Å². The van der Waals surface area contributed by atoms with Crippen molar-refractivity contribution in [3.05, 3.63) is 59.8 Å². The van der Waals surface area contributed by atoms with E-state index in [0.717, 1.165) is 34.9 Å². The molecule has 0 unspecified atom stereocenters. The van der Waals surface area contributed by atoms with Gasteiger partial charge in [-0.3, -0.25) is 9.59 Å². The normalized spacial score (nSPS) is 14.5. The number of ether oxygens (including phenoxy) is 2. The van der Waals surface area contributed by atoms with Crippen LogP contribution in [0.5, 0.6) is 0 Å². The number of esters is 2. The summed E-state index contributed by atoms with van der Waals surface area (Å²) in [4.78, 5) is 40.6. The van der Waals surface area contributed by atoms with Gasteiger partial charge < -0.3 is 19.8 Å². The molecule has 0 saturated carbocycles. The number of aromatic nitrogens is 1. The highest BCUT2D eigenvalue weighted by atomic mass is 16.6. The number of nitrogens with one attached hydrogen (secondary N) is 2. The molecule has 33 heavy (non-hydrogen) atoms. The molecule has 1 amide bonds. The van der Waals surface area contributed by atoms with Crippen molar-refractivity contribution in [3.8, 4) is 0 Å². The zero-order valence-electron chi connectivity index (χ0n) is 19.5. The lowest BCUT2D eigenvalue weighted by atomic mass is 10.0. The van der Waals surface area contributed by atoms with Crippen LogP contribution in [-0.4, -0.2) is 41.1 Å². The number of carbonyl (C=O) groups is 3. The fraction of sp³-hybridized carbons (Fsp3) is 0.423. The summed E-state index contributed by atoms with van der Waals surface area (Å²) >= 11 is 0. The van der Waals surface area contributed by atoms with E-state index in [1.807, 2.05) is 48.7 Å².